The minimum Gasteiger partial charge on any atom is -0.463 e. The molecule has 0 unspecified atom stereocenters. The Morgan fingerprint density at radius 1 is 1.08 bits per heavy atom. The van der Waals surface area contributed by atoms with Crippen LogP contribution >= 0.6 is 0 Å². The van der Waals surface area contributed by atoms with Crippen molar-refractivity contribution >= 4 is 16.9 Å². The summed E-state index contributed by atoms with van der Waals surface area (Å²) in [5.74, 6) is 0.600. The van der Waals surface area contributed by atoms with E-state index in [2.05, 4.69) is 15.5 Å². The molecule has 0 spiro atoms. The van der Waals surface area contributed by atoms with Gasteiger partial charge >= 0.3 is 0 Å². The third kappa shape index (κ3) is 3.28. The second-order valence-corrected chi connectivity index (χ2v) is 5.61. The summed E-state index contributed by atoms with van der Waals surface area (Å²) in [4.78, 5) is 16.5. The van der Waals surface area contributed by atoms with Crippen molar-refractivity contribution in [2.75, 3.05) is 0 Å². The Balaban J connectivity index is 1.37. The summed E-state index contributed by atoms with van der Waals surface area (Å²) < 4.78 is 10.5. The summed E-state index contributed by atoms with van der Waals surface area (Å²) >= 11 is 0. The molecule has 0 aliphatic carbocycles. The van der Waals surface area contributed by atoms with Gasteiger partial charge in [-0.2, -0.15) is 0 Å². The Morgan fingerprint density at radius 2 is 2.00 bits per heavy atom. The van der Waals surface area contributed by atoms with Crippen LogP contribution in [0.1, 0.15) is 11.3 Å². The molecule has 25 heavy (non-hydrogen) atoms. The summed E-state index contributed by atoms with van der Waals surface area (Å²) in [6, 6.07) is 14.9. The number of para-hydroxylation sites is 1. The number of fused-ring (bicyclic) bond motifs is 1. The number of carbonyl (C=O) groups is 1. The molecule has 1 N–H and O–H groups in total. The number of hydrogen-bond acceptors (Lipinski definition) is 5. The number of pyridine rings is 1. The number of amides is 1. The van der Waals surface area contributed by atoms with E-state index in [0.717, 1.165) is 16.6 Å². The van der Waals surface area contributed by atoms with Crippen molar-refractivity contribution in [3.63, 3.8) is 0 Å². The van der Waals surface area contributed by atoms with Gasteiger partial charge in [-0.05, 0) is 35.9 Å². The van der Waals surface area contributed by atoms with Crippen LogP contribution in [0.5, 0.6) is 0 Å². The number of benzene rings is 1. The zero-order valence-electron chi connectivity index (χ0n) is 13.3. The quantitative estimate of drug-likeness (QED) is 0.606. The Morgan fingerprint density at radius 3 is 2.80 bits per heavy atom. The highest BCUT2D eigenvalue weighted by Gasteiger charge is 2.12. The fraction of sp³-hybridized carbons (Fsp3) is 0.105. The second-order valence-electron chi connectivity index (χ2n) is 5.61. The number of aromatic nitrogens is 2. The monoisotopic (exact) mass is 333 g/mol. The lowest BCUT2D eigenvalue weighted by Gasteiger charge is -2.05. The van der Waals surface area contributed by atoms with Crippen molar-refractivity contribution in [3.05, 3.63) is 72.2 Å². The Labute approximate surface area is 143 Å². The molecule has 124 valence electrons. The highest BCUT2D eigenvalue weighted by Crippen LogP contribution is 2.18. The Hall–Kier alpha value is -3.41. The first-order valence-corrected chi connectivity index (χ1v) is 7.88. The molecule has 6 nitrogen and oxygen atoms in total. The lowest BCUT2D eigenvalue weighted by Crippen LogP contribution is -2.24. The maximum absolute atomic E-state index is 12.2. The van der Waals surface area contributed by atoms with E-state index in [1.54, 1.807) is 12.5 Å². The second kappa shape index (κ2) is 6.60. The first kappa shape index (κ1) is 15.1. The third-order valence-corrected chi connectivity index (χ3v) is 3.87. The van der Waals surface area contributed by atoms with Crippen molar-refractivity contribution in [1.82, 2.24) is 15.5 Å². The van der Waals surface area contributed by atoms with Crippen LogP contribution in [0.15, 0.2) is 69.9 Å². The van der Waals surface area contributed by atoms with E-state index in [1.165, 1.54) is 0 Å². The molecule has 0 fully saturated rings. The predicted octanol–water partition coefficient (Wildman–Crippen LogP) is 3.34. The van der Waals surface area contributed by atoms with Crippen LogP contribution in [0.3, 0.4) is 0 Å². The number of furan rings is 1. The van der Waals surface area contributed by atoms with Crippen molar-refractivity contribution in [3.8, 4) is 11.5 Å². The molecular formula is C19H15N3O3. The van der Waals surface area contributed by atoms with Gasteiger partial charge < -0.3 is 14.3 Å². The highest BCUT2D eigenvalue weighted by atomic mass is 16.5. The molecule has 4 rings (SSSR count). The topological polar surface area (TPSA) is 81.2 Å². The number of nitrogens with zero attached hydrogens (tertiary/aromatic N) is 2. The van der Waals surface area contributed by atoms with Crippen LogP contribution in [-0.4, -0.2) is 16.0 Å². The van der Waals surface area contributed by atoms with Gasteiger partial charge in [0.15, 0.2) is 11.3 Å². The fourth-order valence-electron chi connectivity index (χ4n) is 2.58. The standard InChI is InChI=1S/C19H15N3O3/c23-19(10-16-14-4-1-2-5-17(14)25-22-16)21-12-13-7-8-15(20-11-13)18-6-3-9-24-18/h1-9,11H,10,12H2,(H,21,23). The van der Waals surface area contributed by atoms with Crippen molar-refractivity contribution in [2.24, 2.45) is 0 Å². The van der Waals surface area contributed by atoms with E-state index < -0.39 is 0 Å². The average molecular weight is 333 g/mol. The minimum atomic E-state index is -0.117. The van der Waals surface area contributed by atoms with Gasteiger partial charge in [0, 0.05) is 18.1 Å². The number of carbonyl (C=O) groups excluding carboxylic acids is 1. The summed E-state index contributed by atoms with van der Waals surface area (Å²) in [5.41, 5.74) is 2.99. The van der Waals surface area contributed by atoms with Gasteiger partial charge in [-0.25, -0.2) is 0 Å². The molecule has 0 atom stereocenters. The van der Waals surface area contributed by atoms with Gasteiger partial charge in [0.05, 0.1) is 12.7 Å². The number of hydrogen-bond donors (Lipinski definition) is 1. The van der Waals surface area contributed by atoms with Crippen LogP contribution in [0.4, 0.5) is 0 Å². The lowest BCUT2D eigenvalue weighted by molar-refractivity contribution is -0.120. The molecule has 1 amide bonds. The van der Waals surface area contributed by atoms with E-state index in [1.807, 2.05) is 48.5 Å². The third-order valence-electron chi connectivity index (χ3n) is 3.87. The largest absolute Gasteiger partial charge is 0.463 e. The number of rotatable bonds is 5. The molecule has 0 bridgehead atoms. The number of nitrogens with one attached hydrogen (secondary N) is 1. The van der Waals surface area contributed by atoms with Gasteiger partial charge in [-0.3, -0.25) is 9.78 Å². The first-order chi connectivity index (χ1) is 12.3. The molecule has 0 saturated heterocycles. The van der Waals surface area contributed by atoms with Crippen molar-refractivity contribution < 1.29 is 13.7 Å². The average Bonchev–Trinajstić information content (AvgIpc) is 3.31. The van der Waals surface area contributed by atoms with Gasteiger partial charge in [0.1, 0.15) is 11.4 Å². The molecule has 0 radical (unpaired) electrons. The predicted molar refractivity (Wildman–Crippen MR) is 91.5 cm³/mol. The van der Waals surface area contributed by atoms with Crippen molar-refractivity contribution in [1.29, 1.82) is 0 Å². The summed E-state index contributed by atoms with van der Waals surface area (Å²) in [5, 5.41) is 7.71. The molecule has 0 aliphatic heterocycles. The zero-order chi connectivity index (χ0) is 17.1. The Kier molecular flexibility index (Phi) is 4.00. The summed E-state index contributed by atoms with van der Waals surface area (Å²) in [6.07, 6.45) is 3.51. The Bertz CT molecular complexity index is 988. The maximum atomic E-state index is 12.2. The van der Waals surface area contributed by atoms with Crippen molar-refractivity contribution in [2.45, 2.75) is 13.0 Å². The molecule has 0 aliphatic rings. The first-order valence-electron chi connectivity index (χ1n) is 7.88. The van der Waals surface area contributed by atoms with Crippen LogP contribution in [0, 0.1) is 0 Å². The van der Waals surface area contributed by atoms with E-state index in [-0.39, 0.29) is 12.3 Å². The smallest absolute Gasteiger partial charge is 0.226 e. The van der Waals surface area contributed by atoms with Gasteiger partial charge in [-0.15, -0.1) is 0 Å². The molecule has 3 heterocycles. The lowest BCUT2D eigenvalue weighted by atomic mass is 10.1. The van der Waals surface area contributed by atoms with Gasteiger partial charge in [0.25, 0.3) is 0 Å². The van der Waals surface area contributed by atoms with E-state index >= 15 is 0 Å². The molecular weight excluding hydrogens is 318 g/mol. The summed E-state index contributed by atoms with van der Waals surface area (Å²) in [7, 11) is 0. The molecule has 3 aromatic heterocycles. The highest BCUT2D eigenvalue weighted by molar-refractivity contribution is 5.86. The van der Waals surface area contributed by atoms with E-state index in [9.17, 15) is 4.79 Å². The molecule has 6 heteroatoms. The summed E-state index contributed by atoms with van der Waals surface area (Å²) in [6.45, 7) is 0.403. The van der Waals surface area contributed by atoms with E-state index in [0.29, 0.717) is 23.6 Å². The van der Waals surface area contributed by atoms with Crippen LogP contribution < -0.4 is 5.32 Å². The van der Waals surface area contributed by atoms with Gasteiger partial charge in [0.2, 0.25) is 5.91 Å². The normalized spacial score (nSPS) is 10.9. The maximum Gasteiger partial charge on any atom is 0.226 e. The van der Waals surface area contributed by atoms with Gasteiger partial charge in [-0.1, -0.05) is 23.4 Å². The molecule has 4 aromatic rings. The minimum absolute atomic E-state index is 0.117. The zero-order valence-corrected chi connectivity index (χ0v) is 13.3. The van der Waals surface area contributed by atoms with Crippen LogP contribution in [-0.2, 0) is 17.8 Å². The van der Waals surface area contributed by atoms with Crippen LogP contribution in [0.25, 0.3) is 22.4 Å². The SMILES string of the molecule is O=C(Cc1noc2ccccc12)NCc1ccc(-c2ccco2)nc1. The van der Waals surface area contributed by atoms with E-state index in [4.69, 9.17) is 8.94 Å². The van der Waals surface area contributed by atoms with Crippen LogP contribution in [0.2, 0.25) is 0 Å². The molecule has 0 saturated carbocycles. The molecule has 1 aromatic carbocycles. The fourth-order valence-corrected chi connectivity index (χ4v) is 2.58.